The molecule has 0 saturated heterocycles. The van der Waals surface area contributed by atoms with E-state index in [0.29, 0.717) is 17.7 Å². The zero-order valence-electron chi connectivity index (χ0n) is 14.8. The third kappa shape index (κ3) is 3.79. The van der Waals surface area contributed by atoms with Gasteiger partial charge in [-0.1, -0.05) is 30.3 Å². The van der Waals surface area contributed by atoms with Gasteiger partial charge < -0.3 is 5.32 Å². The van der Waals surface area contributed by atoms with E-state index < -0.39 is 0 Å². The molecule has 1 aromatic heterocycles. The van der Waals surface area contributed by atoms with Crippen molar-refractivity contribution in [3.05, 3.63) is 88.6 Å². The highest BCUT2D eigenvalue weighted by atomic mass is 16.1. The fraction of sp³-hybridized carbons (Fsp3) is 0.136. The van der Waals surface area contributed by atoms with E-state index >= 15 is 0 Å². The van der Waals surface area contributed by atoms with Gasteiger partial charge in [-0.15, -0.1) is 0 Å². The largest absolute Gasteiger partial charge is 0.348 e. The van der Waals surface area contributed by atoms with Gasteiger partial charge in [0.15, 0.2) is 0 Å². The van der Waals surface area contributed by atoms with E-state index in [9.17, 15) is 4.79 Å². The van der Waals surface area contributed by atoms with Crippen LogP contribution in [-0.2, 0) is 6.54 Å². The molecule has 0 aliphatic heterocycles. The summed E-state index contributed by atoms with van der Waals surface area (Å²) in [4.78, 5) is 16.8. The lowest BCUT2D eigenvalue weighted by Crippen LogP contribution is -2.23. The number of hydrogen-bond donors (Lipinski definition) is 1. The van der Waals surface area contributed by atoms with E-state index in [0.717, 1.165) is 27.9 Å². The molecule has 0 spiro atoms. The van der Waals surface area contributed by atoms with Crippen molar-refractivity contribution in [3.8, 4) is 17.3 Å². The van der Waals surface area contributed by atoms with Crippen LogP contribution in [0.4, 0.5) is 0 Å². The van der Waals surface area contributed by atoms with Gasteiger partial charge >= 0.3 is 0 Å². The maximum absolute atomic E-state index is 12.4. The molecule has 128 valence electrons. The zero-order valence-corrected chi connectivity index (χ0v) is 14.8. The van der Waals surface area contributed by atoms with Crippen LogP contribution in [0.15, 0.2) is 60.8 Å². The second-order valence-corrected chi connectivity index (χ2v) is 6.18. The van der Waals surface area contributed by atoms with Crippen molar-refractivity contribution >= 4 is 5.91 Å². The Morgan fingerprint density at radius 1 is 1.08 bits per heavy atom. The number of carbonyl (C=O) groups excluding carboxylic acids is 1. The lowest BCUT2D eigenvalue weighted by atomic mass is 10.0. The van der Waals surface area contributed by atoms with Crippen molar-refractivity contribution < 1.29 is 4.79 Å². The molecule has 1 heterocycles. The maximum atomic E-state index is 12.4. The highest BCUT2D eigenvalue weighted by Crippen LogP contribution is 2.21. The number of aromatic nitrogens is 1. The summed E-state index contributed by atoms with van der Waals surface area (Å²) in [5, 5.41) is 11.8. The molecule has 0 aliphatic rings. The number of amides is 1. The van der Waals surface area contributed by atoms with Crippen LogP contribution in [0.25, 0.3) is 11.3 Å². The van der Waals surface area contributed by atoms with Gasteiger partial charge in [0, 0.05) is 18.3 Å². The van der Waals surface area contributed by atoms with Gasteiger partial charge in [-0.3, -0.25) is 9.78 Å². The first-order valence-corrected chi connectivity index (χ1v) is 8.38. The van der Waals surface area contributed by atoms with E-state index in [2.05, 4.69) is 16.4 Å². The summed E-state index contributed by atoms with van der Waals surface area (Å²) in [6.45, 7) is 4.38. The molecule has 4 nitrogen and oxygen atoms in total. The van der Waals surface area contributed by atoms with Crippen LogP contribution in [0.3, 0.4) is 0 Å². The number of nitrogens with zero attached hydrogens (tertiary/aromatic N) is 2. The van der Waals surface area contributed by atoms with Crippen LogP contribution in [0, 0.1) is 25.2 Å². The Morgan fingerprint density at radius 2 is 1.88 bits per heavy atom. The lowest BCUT2D eigenvalue weighted by Gasteiger charge is -2.09. The summed E-state index contributed by atoms with van der Waals surface area (Å²) in [6.07, 6.45) is 1.60. The standard InChI is InChI=1S/C22H19N3O/c1-15-5-3-4-6-20(15)21-10-9-19(14-24-21)22(26)25-13-18-8-7-17(12-23)11-16(18)2/h3-11,14H,13H2,1-2H3,(H,25,26). The van der Waals surface area contributed by atoms with E-state index in [4.69, 9.17) is 5.26 Å². The fourth-order valence-electron chi connectivity index (χ4n) is 2.79. The second kappa shape index (κ2) is 7.62. The minimum atomic E-state index is -0.169. The summed E-state index contributed by atoms with van der Waals surface area (Å²) in [5.74, 6) is -0.169. The Hall–Kier alpha value is -3.45. The maximum Gasteiger partial charge on any atom is 0.253 e. The molecule has 2 aromatic carbocycles. The summed E-state index contributed by atoms with van der Waals surface area (Å²) >= 11 is 0. The topological polar surface area (TPSA) is 65.8 Å². The molecule has 0 unspecified atom stereocenters. The molecular formula is C22H19N3O. The number of carbonyl (C=O) groups is 1. The highest BCUT2D eigenvalue weighted by molar-refractivity contribution is 5.94. The van der Waals surface area contributed by atoms with Gasteiger partial charge in [0.05, 0.1) is 22.9 Å². The van der Waals surface area contributed by atoms with Crippen molar-refractivity contribution in [2.45, 2.75) is 20.4 Å². The Morgan fingerprint density at radius 3 is 2.54 bits per heavy atom. The van der Waals surface area contributed by atoms with Gasteiger partial charge in [0.2, 0.25) is 0 Å². The molecular weight excluding hydrogens is 322 g/mol. The highest BCUT2D eigenvalue weighted by Gasteiger charge is 2.09. The van der Waals surface area contributed by atoms with Crippen LogP contribution >= 0.6 is 0 Å². The molecule has 0 aliphatic carbocycles. The second-order valence-electron chi connectivity index (χ2n) is 6.18. The van der Waals surface area contributed by atoms with E-state index in [-0.39, 0.29) is 5.91 Å². The average molecular weight is 341 g/mol. The third-order valence-corrected chi connectivity index (χ3v) is 4.36. The van der Waals surface area contributed by atoms with Gasteiger partial charge in [-0.2, -0.15) is 5.26 Å². The van der Waals surface area contributed by atoms with Crippen LogP contribution in [0.2, 0.25) is 0 Å². The molecule has 3 aromatic rings. The average Bonchev–Trinajstić information content (AvgIpc) is 2.67. The number of aryl methyl sites for hydroxylation is 2. The number of nitriles is 1. The fourth-order valence-corrected chi connectivity index (χ4v) is 2.79. The predicted octanol–water partition coefficient (Wildman–Crippen LogP) is 4.17. The molecule has 26 heavy (non-hydrogen) atoms. The van der Waals surface area contributed by atoms with Crippen molar-refractivity contribution in [3.63, 3.8) is 0 Å². The number of pyridine rings is 1. The smallest absolute Gasteiger partial charge is 0.253 e. The quantitative estimate of drug-likeness (QED) is 0.774. The molecule has 1 N–H and O–H groups in total. The Bertz CT molecular complexity index is 985. The molecule has 4 heteroatoms. The van der Waals surface area contributed by atoms with E-state index in [1.54, 1.807) is 18.3 Å². The third-order valence-electron chi connectivity index (χ3n) is 4.36. The summed E-state index contributed by atoms with van der Waals surface area (Å²) in [6, 6.07) is 19.2. The number of hydrogen-bond acceptors (Lipinski definition) is 3. The Balaban J connectivity index is 1.69. The van der Waals surface area contributed by atoms with Gasteiger partial charge in [-0.25, -0.2) is 0 Å². The van der Waals surface area contributed by atoms with Crippen molar-refractivity contribution in [1.82, 2.24) is 10.3 Å². The first-order valence-electron chi connectivity index (χ1n) is 8.38. The lowest BCUT2D eigenvalue weighted by molar-refractivity contribution is 0.0950. The Labute approximate surface area is 153 Å². The molecule has 0 fully saturated rings. The molecule has 0 saturated carbocycles. The molecule has 0 radical (unpaired) electrons. The monoisotopic (exact) mass is 341 g/mol. The SMILES string of the molecule is Cc1cc(C#N)ccc1CNC(=O)c1ccc(-c2ccccc2C)nc1. The first kappa shape index (κ1) is 17.4. The zero-order chi connectivity index (χ0) is 18.5. The molecule has 0 atom stereocenters. The van der Waals surface area contributed by atoms with Gasteiger partial charge in [-0.05, 0) is 54.8 Å². The number of benzene rings is 2. The first-order chi connectivity index (χ1) is 12.6. The van der Waals surface area contributed by atoms with Crippen molar-refractivity contribution in [1.29, 1.82) is 5.26 Å². The number of nitrogens with one attached hydrogen (secondary N) is 1. The molecule has 0 bridgehead atoms. The molecule has 3 rings (SSSR count). The van der Waals surface area contributed by atoms with Crippen LogP contribution < -0.4 is 5.32 Å². The van der Waals surface area contributed by atoms with Crippen LogP contribution in [-0.4, -0.2) is 10.9 Å². The normalized spacial score (nSPS) is 10.2. The van der Waals surface area contributed by atoms with Crippen molar-refractivity contribution in [2.75, 3.05) is 0 Å². The van der Waals surface area contributed by atoms with Crippen LogP contribution in [0.1, 0.15) is 32.6 Å². The van der Waals surface area contributed by atoms with Gasteiger partial charge in [0.1, 0.15) is 0 Å². The van der Waals surface area contributed by atoms with Crippen molar-refractivity contribution in [2.24, 2.45) is 0 Å². The minimum Gasteiger partial charge on any atom is -0.348 e. The summed E-state index contributed by atoms with van der Waals surface area (Å²) < 4.78 is 0. The predicted molar refractivity (Wildman–Crippen MR) is 101 cm³/mol. The van der Waals surface area contributed by atoms with E-state index in [1.807, 2.05) is 56.3 Å². The molecule has 1 amide bonds. The van der Waals surface area contributed by atoms with E-state index in [1.165, 1.54) is 0 Å². The summed E-state index contributed by atoms with van der Waals surface area (Å²) in [7, 11) is 0. The van der Waals surface area contributed by atoms with Gasteiger partial charge in [0.25, 0.3) is 5.91 Å². The van der Waals surface area contributed by atoms with Crippen LogP contribution in [0.5, 0.6) is 0 Å². The minimum absolute atomic E-state index is 0.169. The summed E-state index contributed by atoms with van der Waals surface area (Å²) in [5.41, 5.74) is 6.17. The number of rotatable bonds is 4. The Kier molecular flexibility index (Phi) is 5.09.